The highest BCUT2D eigenvalue weighted by atomic mass is 19.4. The highest BCUT2D eigenvalue weighted by molar-refractivity contribution is 5.70. The van der Waals surface area contributed by atoms with Gasteiger partial charge in [0.1, 0.15) is 0 Å². The molecule has 7 heteroatoms. The summed E-state index contributed by atoms with van der Waals surface area (Å²) < 4.78 is 42.3. The number of alkyl halides is 3. The van der Waals surface area contributed by atoms with Gasteiger partial charge in [-0.3, -0.25) is 4.79 Å². The van der Waals surface area contributed by atoms with Crippen molar-refractivity contribution in [2.24, 2.45) is 5.41 Å². The molecule has 0 aliphatic carbocycles. The van der Waals surface area contributed by atoms with Gasteiger partial charge in [0.2, 0.25) is 5.82 Å². The maximum Gasteiger partial charge on any atom is 0.451 e. The van der Waals surface area contributed by atoms with Gasteiger partial charge in [-0.15, -0.1) is 0 Å². The standard InChI is InChI=1S/C14H19F3N2O2/c1-5-21-11(20)6-10(13(2,3)4)9-7-18-12(19-8-9)14(15,16)17/h7-8,10H,5-6H2,1-4H3. The lowest BCUT2D eigenvalue weighted by Gasteiger charge is -2.30. The van der Waals surface area contributed by atoms with Crippen LogP contribution in [0.3, 0.4) is 0 Å². The molecular weight excluding hydrogens is 285 g/mol. The number of nitrogens with zero attached hydrogens (tertiary/aromatic N) is 2. The first-order chi connectivity index (χ1) is 9.55. The molecular formula is C14H19F3N2O2. The second kappa shape index (κ2) is 6.41. The second-order valence-electron chi connectivity index (χ2n) is 5.77. The normalized spacial score (nSPS) is 13.9. The number of aromatic nitrogens is 2. The van der Waals surface area contributed by atoms with Gasteiger partial charge in [0, 0.05) is 18.3 Å². The Hall–Kier alpha value is -1.66. The van der Waals surface area contributed by atoms with Crippen molar-refractivity contribution in [2.75, 3.05) is 6.61 Å². The third-order valence-corrected chi connectivity index (χ3v) is 3.05. The number of rotatable bonds is 4. The minimum absolute atomic E-state index is 0.0755. The van der Waals surface area contributed by atoms with Crippen molar-refractivity contribution in [3.63, 3.8) is 0 Å². The molecule has 0 aromatic carbocycles. The Morgan fingerprint density at radius 3 is 2.14 bits per heavy atom. The fourth-order valence-corrected chi connectivity index (χ4v) is 1.97. The molecule has 0 radical (unpaired) electrons. The van der Waals surface area contributed by atoms with Crippen molar-refractivity contribution in [2.45, 2.75) is 46.2 Å². The van der Waals surface area contributed by atoms with E-state index >= 15 is 0 Å². The molecule has 0 aliphatic heterocycles. The topological polar surface area (TPSA) is 52.1 Å². The first kappa shape index (κ1) is 17.4. The van der Waals surface area contributed by atoms with Gasteiger partial charge in [-0.05, 0) is 17.9 Å². The molecule has 0 bridgehead atoms. The summed E-state index contributed by atoms with van der Waals surface area (Å²) in [6.45, 7) is 7.65. The van der Waals surface area contributed by atoms with Crippen LogP contribution in [0.15, 0.2) is 12.4 Å². The van der Waals surface area contributed by atoms with Crippen molar-refractivity contribution in [3.8, 4) is 0 Å². The number of hydrogen-bond donors (Lipinski definition) is 0. The third-order valence-electron chi connectivity index (χ3n) is 3.05. The average Bonchev–Trinajstić information content (AvgIpc) is 2.34. The van der Waals surface area contributed by atoms with Crippen LogP contribution in [0.25, 0.3) is 0 Å². The molecule has 1 aromatic heterocycles. The predicted molar refractivity (Wildman–Crippen MR) is 70.5 cm³/mol. The van der Waals surface area contributed by atoms with Gasteiger partial charge < -0.3 is 4.74 Å². The summed E-state index contributed by atoms with van der Waals surface area (Å²) in [4.78, 5) is 18.4. The van der Waals surface area contributed by atoms with E-state index in [9.17, 15) is 18.0 Å². The highest BCUT2D eigenvalue weighted by Gasteiger charge is 2.35. The Morgan fingerprint density at radius 2 is 1.76 bits per heavy atom. The van der Waals surface area contributed by atoms with Crippen LogP contribution in [0.2, 0.25) is 0 Å². The third kappa shape index (κ3) is 4.99. The summed E-state index contributed by atoms with van der Waals surface area (Å²) in [5.41, 5.74) is 0.152. The van der Waals surface area contributed by atoms with Gasteiger partial charge in [0.05, 0.1) is 13.0 Å². The van der Waals surface area contributed by atoms with Crippen molar-refractivity contribution >= 4 is 5.97 Å². The van der Waals surface area contributed by atoms with E-state index in [0.29, 0.717) is 5.56 Å². The van der Waals surface area contributed by atoms with Crippen LogP contribution in [-0.2, 0) is 15.7 Å². The molecule has 0 saturated carbocycles. The summed E-state index contributed by atoms with van der Waals surface area (Å²) >= 11 is 0. The second-order valence-corrected chi connectivity index (χ2v) is 5.77. The number of hydrogen-bond acceptors (Lipinski definition) is 4. The Balaban J connectivity index is 3.02. The fraction of sp³-hybridized carbons (Fsp3) is 0.643. The molecule has 1 rings (SSSR count). The van der Waals surface area contributed by atoms with Crippen LogP contribution in [0.4, 0.5) is 13.2 Å². The molecule has 1 heterocycles. The average molecular weight is 304 g/mol. The summed E-state index contributed by atoms with van der Waals surface area (Å²) in [6, 6.07) is 0. The maximum atomic E-state index is 12.5. The number of carbonyl (C=O) groups excluding carboxylic acids is 1. The minimum Gasteiger partial charge on any atom is -0.466 e. The van der Waals surface area contributed by atoms with Crippen LogP contribution in [0.5, 0.6) is 0 Å². The van der Waals surface area contributed by atoms with Gasteiger partial charge in [0.25, 0.3) is 0 Å². The molecule has 0 saturated heterocycles. The van der Waals surface area contributed by atoms with E-state index < -0.39 is 18.0 Å². The Bertz CT molecular complexity index is 478. The van der Waals surface area contributed by atoms with E-state index in [1.54, 1.807) is 6.92 Å². The van der Waals surface area contributed by atoms with Crippen LogP contribution < -0.4 is 0 Å². The fourth-order valence-electron chi connectivity index (χ4n) is 1.97. The van der Waals surface area contributed by atoms with Crippen molar-refractivity contribution in [1.29, 1.82) is 0 Å². The molecule has 1 atom stereocenters. The van der Waals surface area contributed by atoms with Crippen LogP contribution in [0, 0.1) is 5.41 Å². The number of halogens is 3. The molecule has 1 aromatic rings. The van der Waals surface area contributed by atoms with Crippen molar-refractivity contribution in [3.05, 3.63) is 23.8 Å². The Morgan fingerprint density at radius 1 is 1.24 bits per heavy atom. The zero-order chi connectivity index (χ0) is 16.3. The maximum absolute atomic E-state index is 12.5. The van der Waals surface area contributed by atoms with Crippen molar-refractivity contribution in [1.82, 2.24) is 9.97 Å². The predicted octanol–water partition coefficient (Wildman–Crippen LogP) is 3.58. The van der Waals surface area contributed by atoms with Crippen LogP contribution in [-0.4, -0.2) is 22.5 Å². The summed E-state index contributed by atoms with van der Waals surface area (Å²) in [5.74, 6) is -1.90. The van der Waals surface area contributed by atoms with Gasteiger partial charge >= 0.3 is 12.1 Å². The summed E-state index contributed by atoms with van der Waals surface area (Å²) in [5, 5.41) is 0. The molecule has 1 unspecified atom stereocenters. The number of carbonyl (C=O) groups is 1. The van der Waals surface area contributed by atoms with Gasteiger partial charge in [-0.1, -0.05) is 20.8 Å². The zero-order valence-electron chi connectivity index (χ0n) is 12.5. The minimum atomic E-state index is -4.57. The quantitative estimate of drug-likeness (QED) is 0.798. The molecule has 21 heavy (non-hydrogen) atoms. The molecule has 4 nitrogen and oxygen atoms in total. The van der Waals surface area contributed by atoms with E-state index in [-0.39, 0.29) is 24.4 Å². The monoisotopic (exact) mass is 304 g/mol. The van der Waals surface area contributed by atoms with E-state index in [2.05, 4.69) is 9.97 Å². The SMILES string of the molecule is CCOC(=O)CC(c1cnc(C(F)(F)F)nc1)C(C)(C)C. The lowest BCUT2D eigenvalue weighted by Crippen LogP contribution is -2.23. The smallest absolute Gasteiger partial charge is 0.451 e. The first-order valence-corrected chi connectivity index (χ1v) is 6.60. The van der Waals surface area contributed by atoms with Crippen LogP contribution in [0.1, 0.15) is 51.4 Å². The molecule has 118 valence electrons. The van der Waals surface area contributed by atoms with Gasteiger partial charge in [-0.25, -0.2) is 9.97 Å². The molecule has 0 amide bonds. The Kier molecular flexibility index (Phi) is 5.31. The molecule has 0 N–H and O–H groups in total. The van der Waals surface area contributed by atoms with E-state index in [1.807, 2.05) is 20.8 Å². The number of esters is 1. The van der Waals surface area contributed by atoms with Crippen molar-refractivity contribution < 1.29 is 22.7 Å². The molecule has 0 spiro atoms. The number of ether oxygens (including phenoxy) is 1. The van der Waals surface area contributed by atoms with E-state index in [0.717, 1.165) is 12.4 Å². The lowest BCUT2D eigenvalue weighted by atomic mass is 9.75. The first-order valence-electron chi connectivity index (χ1n) is 6.60. The highest BCUT2D eigenvalue weighted by Crippen LogP contribution is 2.38. The van der Waals surface area contributed by atoms with Gasteiger partial charge in [0.15, 0.2) is 0 Å². The zero-order valence-corrected chi connectivity index (χ0v) is 12.5. The summed E-state index contributed by atoms with van der Waals surface area (Å²) in [7, 11) is 0. The lowest BCUT2D eigenvalue weighted by molar-refractivity contribution is -0.146. The Labute approximate surface area is 121 Å². The van der Waals surface area contributed by atoms with E-state index in [1.165, 1.54) is 0 Å². The molecule has 0 aliphatic rings. The largest absolute Gasteiger partial charge is 0.466 e. The molecule has 0 fully saturated rings. The van der Waals surface area contributed by atoms with E-state index in [4.69, 9.17) is 4.74 Å². The van der Waals surface area contributed by atoms with Crippen LogP contribution >= 0.6 is 0 Å². The summed E-state index contributed by atoms with van der Waals surface area (Å²) in [6.07, 6.45) is -2.24. The van der Waals surface area contributed by atoms with Gasteiger partial charge in [-0.2, -0.15) is 13.2 Å².